The van der Waals surface area contributed by atoms with Crippen LogP contribution in [0.1, 0.15) is 0 Å². The van der Waals surface area contributed by atoms with Crippen molar-refractivity contribution < 1.29 is 4.52 Å². The highest BCUT2D eigenvalue weighted by molar-refractivity contribution is 9.10. The highest BCUT2D eigenvalue weighted by Gasteiger charge is 2.15. The van der Waals surface area contributed by atoms with Gasteiger partial charge in [-0.05, 0) is 28.1 Å². The van der Waals surface area contributed by atoms with E-state index < -0.39 is 0 Å². The van der Waals surface area contributed by atoms with Gasteiger partial charge in [0.25, 0.3) is 0 Å². The highest BCUT2D eigenvalue weighted by atomic mass is 79.9. The van der Waals surface area contributed by atoms with Gasteiger partial charge in [0.2, 0.25) is 0 Å². The van der Waals surface area contributed by atoms with Crippen molar-refractivity contribution in [2.24, 2.45) is 0 Å². The molecule has 2 N–H and O–H groups in total. The number of nitrogen functional groups attached to an aromatic ring is 1. The number of benzene rings is 1. The molecule has 2 heterocycles. The standard InChI is InChI=1S/C12H8BrN3O/c13-9-11(17-16-12(9)14)8-5-1-3-7-4-2-6-15-10(7)8/h1-6H,(H2,14,16). The number of rotatable bonds is 1. The fourth-order valence-corrected chi connectivity index (χ4v) is 2.10. The second-order valence-corrected chi connectivity index (χ2v) is 4.38. The zero-order valence-corrected chi connectivity index (χ0v) is 10.3. The van der Waals surface area contributed by atoms with E-state index in [0.717, 1.165) is 16.5 Å². The van der Waals surface area contributed by atoms with Crippen LogP contribution in [0, 0.1) is 0 Å². The lowest BCUT2D eigenvalue weighted by atomic mass is 10.1. The van der Waals surface area contributed by atoms with E-state index in [4.69, 9.17) is 10.3 Å². The Morgan fingerprint density at radius 2 is 2.00 bits per heavy atom. The van der Waals surface area contributed by atoms with Crippen LogP contribution in [0.3, 0.4) is 0 Å². The summed E-state index contributed by atoms with van der Waals surface area (Å²) in [5.41, 5.74) is 7.39. The first kappa shape index (κ1) is 10.3. The topological polar surface area (TPSA) is 64.9 Å². The zero-order chi connectivity index (χ0) is 11.8. The molecule has 0 spiro atoms. The summed E-state index contributed by atoms with van der Waals surface area (Å²) in [6.07, 6.45) is 1.75. The normalized spacial score (nSPS) is 10.9. The van der Waals surface area contributed by atoms with E-state index in [2.05, 4.69) is 26.1 Å². The fraction of sp³-hybridized carbons (Fsp3) is 0. The van der Waals surface area contributed by atoms with Gasteiger partial charge in [0.15, 0.2) is 11.6 Å². The molecule has 5 heteroatoms. The predicted octanol–water partition coefficient (Wildman–Crippen LogP) is 3.23. The lowest BCUT2D eigenvalue weighted by Gasteiger charge is -2.02. The Balaban J connectivity index is 2.34. The molecule has 0 saturated carbocycles. The SMILES string of the molecule is Nc1noc(-c2cccc3cccnc23)c1Br. The minimum absolute atomic E-state index is 0.341. The van der Waals surface area contributed by atoms with Crippen molar-refractivity contribution in [1.82, 2.24) is 10.1 Å². The Bertz CT molecular complexity index is 688. The number of nitrogens with two attached hydrogens (primary N) is 1. The molecule has 17 heavy (non-hydrogen) atoms. The molecular weight excluding hydrogens is 282 g/mol. The quantitative estimate of drug-likeness (QED) is 0.747. The summed E-state index contributed by atoms with van der Waals surface area (Å²) in [7, 11) is 0. The van der Waals surface area contributed by atoms with Gasteiger partial charge in [-0.25, -0.2) is 0 Å². The molecule has 0 fully saturated rings. The molecule has 0 radical (unpaired) electrons. The first-order chi connectivity index (χ1) is 8.27. The second kappa shape index (κ2) is 3.85. The summed E-state index contributed by atoms with van der Waals surface area (Å²) in [6.45, 7) is 0. The molecule has 3 aromatic rings. The van der Waals surface area contributed by atoms with E-state index in [1.165, 1.54) is 0 Å². The summed E-state index contributed by atoms with van der Waals surface area (Å²) in [5, 5.41) is 4.78. The molecule has 0 aliphatic rings. The third-order valence-corrected chi connectivity index (χ3v) is 3.30. The van der Waals surface area contributed by atoms with Crippen LogP contribution in [-0.2, 0) is 0 Å². The fourth-order valence-electron chi connectivity index (χ4n) is 1.75. The molecule has 84 valence electrons. The average molecular weight is 290 g/mol. The summed E-state index contributed by atoms with van der Waals surface area (Å²) < 4.78 is 5.89. The van der Waals surface area contributed by atoms with Crippen LogP contribution in [0.5, 0.6) is 0 Å². The second-order valence-electron chi connectivity index (χ2n) is 3.59. The van der Waals surface area contributed by atoms with Crippen LogP contribution in [0.2, 0.25) is 0 Å². The molecule has 1 aromatic carbocycles. The van der Waals surface area contributed by atoms with Crippen LogP contribution < -0.4 is 5.73 Å². The van der Waals surface area contributed by atoms with E-state index in [-0.39, 0.29) is 0 Å². The number of fused-ring (bicyclic) bond motifs is 1. The van der Waals surface area contributed by atoms with Crippen molar-refractivity contribution in [3.05, 3.63) is 41.0 Å². The minimum atomic E-state index is 0.341. The van der Waals surface area contributed by atoms with E-state index in [9.17, 15) is 0 Å². The van der Waals surface area contributed by atoms with Crippen molar-refractivity contribution in [3.63, 3.8) is 0 Å². The molecule has 0 unspecified atom stereocenters. The summed E-state index contributed by atoms with van der Waals surface area (Å²) in [5.74, 6) is 0.944. The van der Waals surface area contributed by atoms with E-state index >= 15 is 0 Å². The number of hydrogen-bond donors (Lipinski definition) is 1. The van der Waals surface area contributed by atoms with Crippen LogP contribution in [0.25, 0.3) is 22.2 Å². The van der Waals surface area contributed by atoms with Gasteiger partial charge in [-0.1, -0.05) is 23.4 Å². The zero-order valence-electron chi connectivity index (χ0n) is 8.72. The number of pyridine rings is 1. The van der Waals surface area contributed by atoms with Crippen LogP contribution in [0.4, 0.5) is 5.82 Å². The van der Waals surface area contributed by atoms with E-state index in [1.807, 2.05) is 30.3 Å². The van der Waals surface area contributed by atoms with Gasteiger partial charge in [0.05, 0.1) is 5.52 Å². The molecule has 3 rings (SSSR count). The van der Waals surface area contributed by atoms with Gasteiger partial charge >= 0.3 is 0 Å². The Kier molecular flexibility index (Phi) is 2.33. The van der Waals surface area contributed by atoms with Crippen molar-refractivity contribution in [2.75, 3.05) is 5.73 Å². The van der Waals surface area contributed by atoms with Gasteiger partial charge in [-0.15, -0.1) is 0 Å². The first-order valence-electron chi connectivity index (χ1n) is 5.02. The average Bonchev–Trinajstić information content (AvgIpc) is 2.69. The number of nitrogens with zero attached hydrogens (tertiary/aromatic N) is 2. The molecule has 0 bridgehead atoms. The van der Waals surface area contributed by atoms with Crippen molar-refractivity contribution in [3.8, 4) is 11.3 Å². The summed E-state index contributed by atoms with van der Waals surface area (Å²) in [4.78, 5) is 4.36. The number of halogens is 1. The van der Waals surface area contributed by atoms with Gasteiger partial charge in [-0.3, -0.25) is 4.98 Å². The van der Waals surface area contributed by atoms with Crippen molar-refractivity contribution in [1.29, 1.82) is 0 Å². The predicted molar refractivity (Wildman–Crippen MR) is 69.4 cm³/mol. The molecule has 0 amide bonds. The Labute approximate surface area is 106 Å². The Morgan fingerprint density at radius 1 is 1.18 bits per heavy atom. The van der Waals surface area contributed by atoms with Crippen LogP contribution in [-0.4, -0.2) is 10.1 Å². The summed E-state index contributed by atoms with van der Waals surface area (Å²) >= 11 is 3.36. The molecule has 0 atom stereocenters. The Morgan fingerprint density at radius 3 is 2.76 bits per heavy atom. The number of anilines is 1. The lowest BCUT2D eigenvalue weighted by Crippen LogP contribution is -1.85. The maximum absolute atomic E-state index is 5.65. The van der Waals surface area contributed by atoms with Gasteiger partial charge in [0, 0.05) is 17.1 Å². The molecule has 0 aliphatic carbocycles. The first-order valence-corrected chi connectivity index (χ1v) is 5.81. The number of para-hydroxylation sites is 1. The molecule has 4 nitrogen and oxygen atoms in total. The number of aromatic nitrogens is 2. The third kappa shape index (κ3) is 1.59. The Hall–Kier alpha value is -1.88. The van der Waals surface area contributed by atoms with Crippen LogP contribution >= 0.6 is 15.9 Å². The minimum Gasteiger partial charge on any atom is -0.380 e. The molecule has 2 aromatic heterocycles. The maximum atomic E-state index is 5.65. The maximum Gasteiger partial charge on any atom is 0.185 e. The van der Waals surface area contributed by atoms with E-state index in [1.54, 1.807) is 6.20 Å². The summed E-state index contributed by atoms with van der Waals surface area (Å²) in [6, 6.07) is 9.78. The monoisotopic (exact) mass is 289 g/mol. The van der Waals surface area contributed by atoms with Gasteiger partial charge in [-0.2, -0.15) is 0 Å². The largest absolute Gasteiger partial charge is 0.380 e. The smallest absolute Gasteiger partial charge is 0.185 e. The van der Waals surface area contributed by atoms with Crippen molar-refractivity contribution in [2.45, 2.75) is 0 Å². The van der Waals surface area contributed by atoms with E-state index in [0.29, 0.717) is 16.1 Å². The molecule has 0 saturated heterocycles. The third-order valence-electron chi connectivity index (χ3n) is 2.54. The van der Waals surface area contributed by atoms with Gasteiger partial charge < -0.3 is 10.3 Å². The van der Waals surface area contributed by atoms with Gasteiger partial charge in [0.1, 0.15) is 4.47 Å². The van der Waals surface area contributed by atoms with Crippen LogP contribution in [0.15, 0.2) is 45.5 Å². The number of hydrogen-bond acceptors (Lipinski definition) is 4. The van der Waals surface area contributed by atoms with Crippen molar-refractivity contribution >= 4 is 32.7 Å². The highest BCUT2D eigenvalue weighted by Crippen LogP contribution is 2.35. The molecule has 0 aliphatic heterocycles. The molecular formula is C12H8BrN3O. The lowest BCUT2D eigenvalue weighted by molar-refractivity contribution is 0.435.